The monoisotopic (exact) mass is 577 g/mol. The molecule has 0 spiro atoms. The first-order chi connectivity index (χ1) is 18.5. The van der Waals surface area contributed by atoms with Gasteiger partial charge in [0.15, 0.2) is 11.5 Å². The summed E-state index contributed by atoms with van der Waals surface area (Å²) >= 11 is 3.55. The lowest BCUT2D eigenvalue weighted by atomic mass is 10.1. The summed E-state index contributed by atoms with van der Waals surface area (Å²) in [6, 6.07) is 19.0. The van der Waals surface area contributed by atoms with E-state index in [-0.39, 0.29) is 5.91 Å². The molecule has 1 aliphatic rings. The number of ether oxygens (including phenoxy) is 3. The zero-order valence-corrected chi connectivity index (χ0v) is 22.8. The van der Waals surface area contributed by atoms with Gasteiger partial charge in [0, 0.05) is 42.1 Å². The van der Waals surface area contributed by atoms with Gasteiger partial charge in [0.25, 0.3) is 5.91 Å². The summed E-state index contributed by atoms with van der Waals surface area (Å²) < 4.78 is 17.4. The van der Waals surface area contributed by atoms with Crippen LogP contribution >= 0.6 is 15.9 Å². The van der Waals surface area contributed by atoms with E-state index in [0.717, 1.165) is 5.56 Å². The molecule has 3 aromatic carbocycles. The number of fused-ring (bicyclic) bond motifs is 1. The molecule has 0 saturated carbocycles. The van der Waals surface area contributed by atoms with Gasteiger partial charge in [-0.15, -0.1) is 0 Å². The van der Waals surface area contributed by atoms with Gasteiger partial charge < -0.3 is 29.7 Å². The molecule has 0 bridgehead atoms. The summed E-state index contributed by atoms with van der Waals surface area (Å²) in [6.45, 7) is 2.69. The zero-order chi connectivity index (χ0) is 26.6. The number of rotatable bonds is 7. The van der Waals surface area contributed by atoms with Crippen molar-refractivity contribution in [1.29, 1.82) is 0 Å². The number of nitrogen functional groups attached to an aromatic ring is 1. The van der Waals surface area contributed by atoms with E-state index in [9.17, 15) is 4.79 Å². The number of hydrogen-bond acceptors (Lipinski definition) is 8. The maximum absolute atomic E-state index is 13.3. The largest absolute Gasteiger partial charge is 0.493 e. The van der Waals surface area contributed by atoms with Crippen LogP contribution in [0.1, 0.15) is 15.9 Å². The number of piperazine rings is 1. The molecule has 2 N–H and O–H groups in total. The number of amides is 1. The second-order valence-electron chi connectivity index (χ2n) is 8.83. The van der Waals surface area contributed by atoms with Crippen molar-refractivity contribution in [2.24, 2.45) is 0 Å². The number of halogens is 1. The van der Waals surface area contributed by atoms with Crippen LogP contribution in [0.4, 0.5) is 11.8 Å². The first-order valence-corrected chi connectivity index (χ1v) is 13.0. The molecule has 0 radical (unpaired) electrons. The van der Waals surface area contributed by atoms with E-state index in [0.29, 0.717) is 82.7 Å². The van der Waals surface area contributed by atoms with E-state index in [4.69, 9.17) is 24.9 Å². The number of anilines is 2. The summed E-state index contributed by atoms with van der Waals surface area (Å²) in [5.41, 5.74) is 8.60. The second kappa shape index (κ2) is 11.1. The van der Waals surface area contributed by atoms with Crippen molar-refractivity contribution in [3.63, 3.8) is 0 Å². The quantitative estimate of drug-likeness (QED) is 0.341. The number of nitrogens with zero attached hydrogens (tertiary/aromatic N) is 4. The molecule has 0 aliphatic carbocycles. The highest BCUT2D eigenvalue weighted by molar-refractivity contribution is 9.10. The van der Waals surface area contributed by atoms with Crippen LogP contribution in [-0.2, 0) is 6.61 Å². The van der Waals surface area contributed by atoms with Crippen molar-refractivity contribution in [3.8, 4) is 17.2 Å². The van der Waals surface area contributed by atoms with E-state index < -0.39 is 0 Å². The maximum Gasteiger partial charge on any atom is 0.255 e. The molecule has 1 aromatic heterocycles. The molecule has 0 atom stereocenters. The third-order valence-electron chi connectivity index (χ3n) is 6.49. The van der Waals surface area contributed by atoms with Crippen LogP contribution in [-0.4, -0.2) is 61.2 Å². The molecule has 38 heavy (non-hydrogen) atoms. The number of carbonyl (C=O) groups is 1. The SMILES string of the molecule is COc1cc2nc(N3CCN(C(=O)c4ccc(OCc5ccccc5)cc4Br)CC3)nc(N)c2cc1OC. The second-order valence-corrected chi connectivity index (χ2v) is 9.68. The molecule has 2 heterocycles. The van der Waals surface area contributed by atoms with Crippen LogP contribution in [0.5, 0.6) is 17.2 Å². The molecule has 10 heteroatoms. The van der Waals surface area contributed by atoms with E-state index in [1.54, 1.807) is 32.4 Å². The van der Waals surface area contributed by atoms with Crippen LogP contribution in [0.15, 0.2) is 65.1 Å². The lowest BCUT2D eigenvalue weighted by Crippen LogP contribution is -2.49. The Kier molecular flexibility index (Phi) is 7.50. The minimum Gasteiger partial charge on any atom is -0.493 e. The first kappa shape index (κ1) is 25.6. The molecule has 9 nitrogen and oxygen atoms in total. The van der Waals surface area contributed by atoms with Gasteiger partial charge in [-0.05, 0) is 45.8 Å². The standard InChI is InChI=1S/C28H28BrN5O4/c1-36-24-15-21-23(16-25(24)37-2)31-28(32-26(21)30)34-12-10-33(11-13-34)27(35)20-9-8-19(14-22(20)29)38-17-18-6-4-3-5-7-18/h3-9,14-16H,10-13,17H2,1-2H3,(H2,30,31,32). The number of hydrogen-bond donors (Lipinski definition) is 1. The van der Waals surface area contributed by atoms with Gasteiger partial charge in [-0.3, -0.25) is 4.79 Å². The van der Waals surface area contributed by atoms with E-state index in [1.165, 1.54) is 0 Å². The van der Waals surface area contributed by atoms with E-state index in [2.05, 4.69) is 20.9 Å². The maximum atomic E-state index is 13.3. The Labute approximate surface area is 229 Å². The molecular formula is C28H28BrN5O4. The van der Waals surface area contributed by atoms with E-state index >= 15 is 0 Å². The molecule has 1 aliphatic heterocycles. The van der Waals surface area contributed by atoms with Crippen molar-refractivity contribution in [2.45, 2.75) is 6.61 Å². The summed E-state index contributed by atoms with van der Waals surface area (Å²) in [7, 11) is 3.15. The van der Waals surface area contributed by atoms with Gasteiger partial charge in [0.05, 0.1) is 25.3 Å². The fraction of sp³-hybridized carbons (Fsp3) is 0.250. The van der Waals surface area contributed by atoms with Crippen molar-refractivity contribution in [3.05, 3.63) is 76.3 Å². The lowest BCUT2D eigenvalue weighted by Gasteiger charge is -2.35. The number of nitrogens with two attached hydrogens (primary N) is 1. The first-order valence-electron chi connectivity index (χ1n) is 12.2. The molecule has 1 amide bonds. The van der Waals surface area contributed by atoms with Gasteiger partial charge in [-0.2, -0.15) is 4.98 Å². The predicted octanol–water partition coefficient (Wildman–Crippen LogP) is 4.53. The average molecular weight is 578 g/mol. The Morgan fingerprint density at radius 2 is 1.66 bits per heavy atom. The van der Waals surface area contributed by atoms with Gasteiger partial charge in [0.2, 0.25) is 5.95 Å². The highest BCUT2D eigenvalue weighted by atomic mass is 79.9. The highest BCUT2D eigenvalue weighted by Gasteiger charge is 2.25. The topological polar surface area (TPSA) is 103 Å². The molecular weight excluding hydrogens is 550 g/mol. The Morgan fingerprint density at radius 1 is 0.947 bits per heavy atom. The van der Waals surface area contributed by atoms with Gasteiger partial charge in [-0.25, -0.2) is 4.98 Å². The van der Waals surface area contributed by atoms with E-state index in [1.807, 2.05) is 52.3 Å². The smallest absolute Gasteiger partial charge is 0.255 e. The van der Waals surface area contributed by atoms with Crippen LogP contribution in [0.2, 0.25) is 0 Å². The molecule has 0 unspecified atom stereocenters. The molecule has 196 valence electrons. The van der Waals surface area contributed by atoms with Crippen LogP contribution in [0, 0.1) is 0 Å². The number of aromatic nitrogens is 2. The minimum atomic E-state index is -0.0399. The summed E-state index contributed by atoms with van der Waals surface area (Å²) in [4.78, 5) is 26.4. The lowest BCUT2D eigenvalue weighted by molar-refractivity contribution is 0.0745. The molecule has 4 aromatic rings. The number of carbonyl (C=O) groups excluding carboxylic acids is 1. The van der Waals surface area contributed by atoms with Crippen molar-refractivity contribution >= 4 is 44.5 Å². The predicted molar refractivity (Wildman–Crippen MR) is 150 cm³/mol. The van der Waals surface area contributed by atoms with Crippen molar-refractivity contribution in [2.75, 3.05) is 51.0 Å². The summed E-state index contributed by atoms with van der Waals surface area (Å²) in [6.07, 6.45) is 0. The Balaban J connectivity index is 1.25. The summed E-state index contributed by atoms with van der Waals surface area (Å²) in [5.74, 6) is 2.68. The highest BCUT2D eigenvalue weighted by Crippen LogP contribution is 2.34. The van der Waals surface area contributed by atoms with Gasteiger partial charge >= 0.3 is 0 Å². The molecule has 1 fully saturated rings. The number of benzene rings is 3. The van der Waals surface area contributed by atoms with Crippen molar-refractivity contribution < 1.29 is 19.0 Å². The zero-order valence-electron chi connectivity index (χ0n) is 21.2. The average Bonchev–Trinajstić information content (AvgIpc) is 2.95. The minimum absolute atomic E-state index is 0.0399. The van der Waals surface area contributed by atoms with Crippen LogP contribution in [0.3, 0.4) is 0 Å². The Bertz CT molecular complexity index is 1460. The summed E-state index contributed by atoms with van der Waals surface area (Å²) in [5, 5.41) is 0.696. The fourth-order valence-corrected chi connectivity index (χ4v) is 4.92. The Morgan fingerprint density at radius 3 is 2.34 bits per heavy atom. The molecule has 1 saturated heterocycles. The van der Waals surface area contributed by atoms with Gasteiger partial charge in [0.1, 0.15) is 18.2 Å². The fourth-order valence-electron chi connectivity index (χ4n) is 4.39. The Hall–Kier alpha value is -4.05. The van der Waals surface area contributed by atoms with Crippen LogP contribution < -0.4 is 24.8 Å². The third kappa shape index (κ3) is 5.31. The normalized spacial score (nSPS) is 13.4. The molecule has 5 rings (SSSR count). The van der Waals surface area contributed by atoms with Gasteiger partial charge in [-0.1, -0.05) is 30.3 Å². The van der Waals surface area contributed by atoms with Crippen molar-refractivity contribution in [1.82, 2.24) is 14.9 Å². The van der Waals surface area contributed by atoms with Crippen LogP contribution in [0.25, 0.3) is 10.9 Å². The third-order valence-corrected chi connectivity index (χ3v) is 7.14. The number of methoxy groups -OCH3 is 2.